The summed E-state index contributed by atoms with van der Waals surface area (Å²) < 4.78 is 0. The second-order valence-corrected chi connectivity index (χ2v) is 4.05. The van der Waals surface area contributed by atoms with Gasteiger partial charge >= 0.3 is 0 Å². The first kappa shape index (κ1) is 13.2. The van der Waals surface area contributed by atoms with Crippen LogP contribution in [0.2, 0.25) is 0 Å². The van der Waals surface area contributed by atoms with E-state index in [2.05, 4.69) is 18.6 Å². The van der Waals surface area contributed by atoms with Crippen LogP contribution in [0, 0.1) is 13.8 Å². The molecule has 0 saturated heterocycles. The summed E-state index contributed by atoms with van der Waals surface area (Å²) in [6.45, 7) is 11.7. The number of nitrogen functional groups attached to an aromatic ring is 1. The number of nitrogens with two attached hydrogens (primary N) is 1. The van der Waals surface area contributed by atoms with E-state index in [-0.39, 0.29) is 5.91 Å². The van der Waals surface area contributed by atoms with Crippen molar-refractivity contribution in [2.45, 2.75) is 20.3 Å². The van der Waals surface area contributed by atoms with Crippen molar-refractivity contribution in [1.82, 2.24) is 5.43 Å². The molecule has 0 aliphatic rings. The monoisotopic (exact) mass is 230 g/mol. The zero-order valence-electron chi connectivity index (χ0n) is 10.3. The predicted octanol–water partition coefficient (Wildman–Crippen LogP) is 2.50. The van der Waals surface area contributed by atoms with E-state index in [9.17, 15) is 4.79 Å². The number of carbonyl (C=O) groups excluding carboxylic acids is 1. The summed E-state index contributed by atoms with van der Waals surface area (Å²) in [5.74, 6) is 4.84. The van der Waals surface area contributed by atoms with Crippen molar-refractivity contribution in [3.8, 4) is 0 Å². The van der Waals surface area contributed by atoms with Gasteiger partial charge in [0.05, 0.1) is 0 Å². The van der Waals surface area contributed by atoms with Gasteiger partial charge in [0.1, 0.15) is 0 Å². The number of allylic oxidation sites excluding steroid dienone is 2. The van der Waals surface area contributed by atoms with Crippen LogP contribution in [0.25, 0.3) is 5.57 Å². The second-order valence-electron chi connectivity index (χ2n) is 4.05. The van der Waals surface area contributed by atoms with Crippen molar-refractivity contribution >= 4 is 11.5 Å². The van der Waals surface area contributed by atoms with Crippen LogP contribution < -0.4 is 11.3 Å². The lowest BCUT2D eigenvalue weighted by atomic mass is 9.92. The van der Waals surface area contributed by atoms with Crippen molar-refractivity contribution in [3.05, 3.63) is 53.6 Å². The number of amides is 1. The first-order valence-corrected chi connectivity index (χ1v) is 5.42. The fraction of sp³-hybridized carbons (Fsp3) is 0.214. The van der Waals surface area contributed by atoms with Crippen molar-refractivity contribution in [3.63, 3.8) is 0 Å². The Morgan fingerprint density at radius 1 is 1.41 bits per heavy atom. The Labute approximate surface area is 102 Å². The summed E-state index contributed by atoms with van der Waals surface area (Å²) in [5.41, 5.74) is 6.85. The minimum absolute atomic E-state index is 0.280. The Morgan fingerprint density at radius 2 is 1.94 bits per heavy atom. The van der Waals surface area contributed by atoms with E-state index in [4.69, 9.17) is 5.84 Å². The van der Waals surface area contributed by atoms with Gasteiger partial charge in [0, 0.05) is 5.56 Å². The molecule has 1 aromatic rings. The van der Waals surface area contributed by atoms with E-state index < -0.39 is 0 Å². The van der Waals surface area contributed by atoms with Crippen LogP contribution in [0.15, 0.2) is 31.4 Å². The van der Waals surface area contributed by atoms with E-state index >= 15 is 0 Å². The number of benzene rings is 1. The molecule has 3 nitrogen and oxygen atoms in total. The maximum Gasteiger partial charge on any atom is 0.265 e. The molecule has 0 heterocycles. The molecule has 17 heavy (non-hydrogen) atoms. The highest BCUT2D eigenvalue weighted by Crippen LogP contribution is 2.25. The Kier molecular flexibility index (Phi) is 4.24. The lowest BCUT2D eigenvalue weighted by molar-refractivity contribution is 0.0953. The van der Waals surface area contributed by atoms with Gasteiger partial charge in [-0.25, -0.2) is 5.84 Å². The van der Waals surface area contributed by atoms with Crippen LogP contribution in [0.3, 0.4) is 0 Å². The number of aryl methyl sites for hydroxylation is 2. The van der Waals surface area contributed by atoms with Gasteiger partial charge in [0.2, 0.25) is 0 Å². The highest BCUT2D eigenvalue weighted by molar-refractivity contribution is 5.94. The fourth-order valence-electron chi connectivity index (χ4n) is 2.01. The standard InChI is InChI=1S/C14H18N2O/c1-5-6-9(2)13-10(3)7-12(8-11(13)4)14(17)16-15/h5,7-8H,1-2,6,15H2,3-4H3,(H,16,17). The highest BCUT2D eigenvalue weighted by Gasteiger charge is 2.11. The van der Waals surface area contributed by atoms with Crippen molar-refractivity contribution in [2.75, 3.05) is 0 Å². The third-order valence-electron chi connectivity index (χ3n) is 2.67. The van der Waals surface area contributed by atoms with Gasteiger partial charge in [-0.3, -0.25) is 10.2 Å². The van der Waals surface area contributed by atoms with E-state index in [0.29, 0.717) is 5.56 Å². The molecule has 0 aliphatic heterocycles. The van der Waals surface area contributed by atoms with Crippen LogP contribution >= 0.6 is 0 Å². The zero-order valence-corrected chi connectivity index (χ0v) is 10.3. The number of rotatable bonds is 4. The van der Waals surface area contributed by atoms with Gasteiger partial charge in [-0.2, -0.15) is 0 Å². The number of hydrazine groups is 1. The van der Waals surface area contributed by atoms with Crippen molar-refractivity contribution in [1.29, 1.82) is 0 Å². The van der Waals surface area contributed by atoms with E-state index in [1.165, 1.54) is 0 Å². The molecule has 1 rings (SSSR count). The Morgan fingerprint density at radius 3 is 2.35 bits per heavy atom. The first-order chi connectivity index (χ1) is 8.01. The number of hydrogen-bond donors (Lipinski definition) is 2. The van der Waals surface area contributed by atoms with Crippen LogP contribution in [-0.2, 0) is 0 Å². The third-order valence-corrected chi connectivity index (χ3v) is 2.67. The Bertz CT molecular complexity index is 452. The SMILES string of the molecule is C=CCC(=C)c1c(C)cc(C(=O)NN)cc1C. The van der Waals surface area contributed by atoms with Gasteiger partial charge in [0.15, 0.2) is 0 Å². The minimum Gasteiger partial charge on any atom is -0.290 e. The molecular weight excluding hydrogens is 212 g/mol. The largest absolute Gasteiger partial charge is 0.290 e. The van der Waals surface area contributed by atoms with Crippen LogP contribution in [-0.4, -0.2) is 5.91 Å². The van der Waals surface area contributed by atoms with E-state index in [1.807, 2.05) is 32.1 Å². The molecule has 90 valence electrons. The lowest BCUT2D eigenvalue weighted by Crippen LogP contribution is -2.30. The molecule has 1 amide bonds. The van der Waals surface area contributed by atoms with Crippen molar-refractivity contribution < 1.29 is 4.79 Å². The molecule has 3 heteroatoms. The summed E-state index contributed by atoms with van der Waals surface area (Å²) in [6.07, 6.45) is 2.56. The maximum atomic E-state index is 11.5. The molecule has 0 aromatic heterocycles. The molecule has 1 aromatic carbocycles. The normalized spacial score (nSPS) is 9.82. The van der Waals surface area contributed by atoms with E-state index in [1.54, 1.807) is 0 Å². The van der Waals surface area contributed by atoms with Gasteiger partial charge in [0.25, 0.3) is 5.91 Å². The fourth-order valence-corrected chi connectivity index (χ4v) is 2.01. The Balaban J connectivity index is 3.23. The molecular formula is C14H18N2O. The lowest BCUT2D eigenvalue weighted by Gasteiger charge is -2.13. The van der Waals surface area contributed by atoms with Crippen LogP contribution in [0.5, 0.6) is 0 Å². The molecule has 0 atom stereocenters. The summed E-state index contributed by atoms with van der Waals surface area (Å²) in [6, 6.07) is 3.64. The van der Waals surface area contributed by atoms with Gasteiger partial charge < -0.3 is 0 Å². The summed E-state index contributed by atoms with van der Waals surface area (Å²) in [4.78, 5) is 11.5. The topological polar surface area (TPSA) is 55.1 Å². The van der Waals surface area contributed by atoms with Crippen molar-refractivity contribution in [2.24, 2.45) is 5.84 Å². The highest BCUT2D eigenvalue weighted by atomic mass is 16.2. The minimum atomic E-state index is -0.280. The maximum absolute atomic E-state index is 11.5. The molecule has 0 radical (unpaired) electrons. The summed E-state index contributed by atoms with van der Waals surface area (Å²) in [5, 5.41) is 0. The predicted molar refractivity (Wildman–Crippen MR) is 71.4 cm³/mol. The molecule has 0 unspecified atom stereocenters. The number of nitrogens with one attached hydrogen (secondary N) is 1. The van der Waals surface area contributed by atoms with E-state index in [0.717, 1.165) is 28.7 Å². The van der Waals surface area contributed by atoms with Gasteiger partial charge in [-0.05, 0) is 54.7 Å². The average Bonchev–Trinajstić information content (AvgIpc) is 2.27. The Hall–Kier alpha value is -1.87. The quantitative estimate of drug-likeness (QED) is 0.361. The first-order valence-electron chi connectivity index (χ1n) is 5.42. The molecule has 0 spiro atoms. The second kappa shape index (κ2) is 5.46. The molecule has 0 fully saturated rings. The number of carbonyl (C=O) groups is 1. The smallest absolute Gasteiger partial charge is 0.265 e. The molecule has 0 bridgehead atoms. The number of hydrogen-bond acceptors (Lipinski definition) is 2. The summed E-state index contributed by atoms with van der Waals surface area (Å²) >= 11 is 0. The van der Waals surface area contributed by atoms with Gasteiger partial charge in [-0.1, -0.05) is 12.7 Å². The molecule has 0 aliphatic carbocycles. The third kappa shape index (κ3) is 2.82. The van der Waals surface area contributed by atoms with Crippen LogP contribution in [0.4, 0.5) is 0 Å². The zero-order chi connectivity index (χ0) is 13.0. The molecule has 3 N–H and O–H groups in total. The van der Waals surface area contributed by atoms with Crippen LogP contribution in [0.1, 0.15) is 33.5 Å². The average molecular weight is 230 g/mol. The van der Waals surface area contributed by atoms with Gasteiger partial charge in [-0.15, -0.1) is 6.58 Å². The summed E-state index contributed by atoms with van der Waals surface area (Å²) in [7, 11) is 0. The molecule has 0 saturated carbocycles.